The zero-order chi connectivity index (χ0) is 12.3. The third-order valence-electron chi connectivity index (χ3n) is 2.95. The summed E-state index contributed by atoms with van der Waals surface area (Å²) in [6.45, 7) is 2.97. The number of amides is 1. The van der Waals surface area contributed by atoms with Crippen molar-refractivity contribution in [3.05, 3.63) is 24.3 Å². The van der Waals surface area contributed by atoms with E-state index in [9.17, 15) is 4.79 Å². The zero-order valence-electron chi connectivity index (χ0n) is 9.93. The van der Waals surface area contributed by atoms with E-state index in [-0.39, 0.29) is 6.09 Å². The normalized spacial score (nSPS) is 15.8. The molecular weight excluding hydrogens is 218 g/mol. The second-order valence-electron chi connectivity index (χ2n) is 4.04. The van der Waals surface area contributed by atoms with Crippen LogP contribution in [0, 0.1) is 0 Å². The Morgan fingerprint density at radius 1 is 1.29 bits per heavy atom. The summed E-state index contributed by atoms with van der Waals surface area (Å²) in [4.78, 5) is 15.3. The molecule has 1 aromatic carbocycles. The summed E-state index contributed by atoms with van der Waals surface area (Å²) < 4.78 is 4.70. The molecule has 5 nitrogen and oxygen atoms in total. The van der Waals surface area contributed by atoms with Crippen molar-refractivity contribution in [3.63, 3.8) is 0 Å². The number of nitrogens with zero attached hydrogens (tertiary/aromatic N) is 2. The average molecular weight is 235 g/mol. The molecule has 17 heavy (non-hydrogen) atoms. The zero-order valence-corrected chi connectivity index (χ0v) is 9.93. The van der Waals surface area contributed by atoms with Gasteiger partial charge in [0.2, 0.25) is 0 Å². The summed E-state index contributed by atoms with van der Waals surface area (Å²) in [6, 6.07) is 7.80. The molecule has 0 aliphatic carbocycles. The predicted octanol–water partition coefficient (Wildman–Crippen LogP) is 1.16. The van der Waals surface area contributed by atoms with Crippen molar-refractivity contribution in [1.82, 2.24) is 4.90 Å². The Labute approximate surface area is 101 Å². The van der Waals surface area contributed by atoms with Gasteiger partial charge in [0.15, 0.2) is 0 Å². The molecule has 0 aromatic heterocycles. The number of carbonyl (C=O) groups is 1. The van der Waals surface area contributed by atoms with Gasteiger partial charge in [0, 0.05) is 37.6 Å². The number of hydrogen-bond acceptors (Lipinski definition) is 4. The number of benzene rings is 1. The van der Waals surface area contributed by atoms with Gasteiger partial charge in [-0.2, -0.15) is 0 Å². The Morgan fingerprint density at radius 3 is 2.59 bits per heavy atom. The van der Waals surface area contributed by atoms with E-state index in [0.717, 1.165) is 24.5 Å². The van der Waals surface area contributed by atoms with E-state index < -0.39 is 0 Å². The number of ether oxygens (including phenoxy) is 1. The lowest BCUT2D eigenvalue weighted by Gasteiger charge is -2.35. The molecule has 0 radical (unpaired) electrons. The summed E-state index contributed by atoms with van der Waals surface area (Å²) >= 11 is 0. The van der Waals surface area contributed by atoms with Gasteiger partial charge in [-0.15, -0.1) is 0 Å². The number of nitrogens with two attached hydrogens (primary N) is 1. The number of piperazine rings is 1. The Kier molecular flexibility index (Phi) is 3.37. The third-order valence-corrected chi connectivity index (χ3v) is 2.95. The van der Waals surface area contributed by atoms with Gasteiger partial charge in [-0.25, -0.2) is 4.79 Å². The maximum absolute atomic E-state index is 11.3. The topological polar surface area (TPSA) is 58.8 Å². The van der Waals surface area contributed by atoms with Crippen LogP contribution in [0.3, 0.4) is 0 Å². The number of rotatable bonds is 1. The van der Waals surface area contributed by atoms with Crippen LogP contribution in [0.1, 0.15) is 0 Å². The van der Waals surface area contributed by atoms with Gasteiger partial charge in [0.05, 0.1) is 7.11 Å². The van der Waals surface area contributed by atoms with Crippen LogP contribution < -0.4 is 10.6 Å². The van der Waals surface area contributed by atoms with Crippen LogP contribution in [0.4, 0.5) is 16.2 Å². The summed E-state index contributed by atoms with van der Waals surface area (Å²) in [5.41, 5.74) is 7.62. The number of methoxy groups -OCH3 is 1. The van der Waals surface area contributed by atoms with Crippen LogP contribution in [-0.4, -0.2) is 44.3 Å². The number of nitrogen functional groups attached to an aromatic ring is 1. The second-order valence-corrected chi connectivity index (χ2v) is 4.04. The first kappa shape index (κ1) is 11.6. The molecule has 92 valence electrons. The first-order chi connectivity index (χ1) is 8.20. The number of hydrogen-bond donors (Lipinski definition) is 1. The van der Waals surface area contributed by atoms with Crippen molar-refractivity contribution in [1.29, 1.82) is 0 Å². The van der Waals surface area contributed by atoms with Crippen LogP contribution in [-0.2, 0) is 4.74 Å². The van der Waals surface area contributed by atoms with E-state index in [1.165, 1.54) is 7.11 Å². The van der Waals surface area contributed by atoms with Gasteiger partial charge < -0.3 is 20.3 Å². The van der Waals surface area contributed by atoms with Gasteiger partial charge >= 0.3 is 6.09 Å². The molecule has 2 rings (SSSR count). The van der Waals surface area contributed by atoms with Crippen molar-refractivity contribution in [2.24, 2.45) is 0 Å². The third kappa shape index (κ3) is 2.61. The minimum atomic E-state index is -0.253. The molecule has 1 aromatic rings. The summed E-state index contributed by atoms with van der Waals surface area (Å²) in [5, 5.41) is 0. The molecule has 1 heterocycles. The molecule has 1 aliphatic rings. The van der Waals surface area contributed by atoms with E-state index >= 15 is 0 Å². The maximum atomic E-state index is 11.3. The summed E-state index contributed by atoms with van der Waals surface area (Å²) in [6.07, 6.45) is -0.253. The molecule has 1 saturated heterocycles. The van der Waals surface area contributed by atoms with Crippen molar-refractivity contribution >= 4 is 17.5 Å². The Hall–Kier alpha value is -1.91. The largest absolute Gasteiger partial charge is 0.453 e. The summed E-state index contributed by atoms with van der Waals surface area (Å²) in [5.74, 6) is 0. The monoisotopic (exact) mass is 235 g/mol. The smallest absolute Gasteiger partial charge is 0.409 e. The average Bonchev–Trinajstić information content (AvgIpc) is 2.38. The highest BCUT2D eigenvalue weighted by atomic mass is 16.5. The fraction of sp³-hybridized carbons (Fsp3) is 0.417. The SMILES string of the molecule is COC(=O)N1CCN(c2cccc(N)c2)CC1. The lowest BCUT2D eigenvalue weighted by molar-refractivity contribution is 0.121. The van der Waals surface area contributed by atoms with Gasteiger partial charge in [0.25, 0.3) is 0 Å². The van der Waals surface area contributed by atoms with Crippen LogP contribution >= 0.6 is 0 Å². The number of carbonyl (C=O) groups excluding carboxylic acids is 1. The molecule has 1 amide bonds. The minimum absolute atomic E-state index is 0.253. The molecule has 2 N–H and O–H groups in total. The molecular formula is C12H17N3O2. The molecule has 0 bridgehead atoms. The minimum Gasteiger partial charge on any atom is -0.453 e. The highest BCUT2D eigenvalue weighted by Crippen LogP contribution is 2.19. The van der Waals surface area contributed by atoms with E-state index in [0.29, 0.717) is 13.1 Å². The molecule has 0 unspecified atom stereocenters. The molecule has 1 fully saturated rings. The van der Waals surface area contributed by atoms with Gasteiger partial charge in [-0.3, -0.25) is 0 Å². The lowest BCUT2D eigenvalue weighted by Crippen LogP contribution is -2.48. The Balaban J connectivity index is 1.97. The van der Waals surface area contributed by atoms with Gasteiger partial charge in [-0.05, 0) is 18.2 Å². The molecule has 0 spiro atoms. The standard InChI is InChI=1S/C12H17N3O2/c1-17-12(16)15-7-5-14(6-8-15)11-4-2-3-10(13)9-11/h2-4,9H,5-8,13H2,1H3. The van der Waals surface area contributed by atoms with Gasteiger partial charge in [-0.1, -0.05) is 6.07 Å². The molecule has 0 atom stereocenters. The van der Waals surface area contributed by atoms with Crippen molar-refractivity contribution in [3.8, 4) is 0 Å². The first-order valence-electron chi connectivity index (χ1n) is 5.64. The molecule has 0 saturated carbocycles. The van der Waals surface area contributed by atoms with Crippen LogP contribution in [0.15, 0.2) is 24.3 Å². The van der Waals surface area contributed by atoms with Crippen LogP contribution in [0.5, 0.6) is 0 Å². The molecule has 5 heteroatoms. The predicted molar refractivity (Wildman–Crippen MR) is 67.0 cm³/mol. The van der Waals surface area contributed by atoms with Crippen molar-refractivity contribution in [2.75, 3.05) is 43.9 Å². The Bertz CT molecular complexity index is 400. The maximum Gasteiger partial charge on any atom is 0.409 e. The fourth-order valence-corrected chi connectivity index (χ4v) is 2.00. The van der Waals surface area contributed by atoms with E-state index in [4.69, 9.17) is 10.5 Å². The molecule has 1 aliphatic heterocycles. The summed E-state index contributed by atoms with van der Waals surface area (Å²) in [7, 11) is 1.41. The van der Waals surface area contributed by atoms with Crippen LogP contribution in [0.2, 0.25) is 0 Å². The van der Waals surface area contributed by atoms with Crippen molar-refractivity contribution < 1.29 is 9.53 Å². The second kappa shape index (κ2) is 4.95. The van der Waals surface area contributed by atoms with Crippen molar-refractivity contribution in [2.45, 2.75) is 0 Å². The number of anilines is 2. The first-order valence-corrected chi connectivity index (χ1v) is 5.64. The highest BCUT2D eigenvalue weighted by molar-refractivity contribution is 5.68. The van der Waals surface area contributed by atoms with E-state index in [1.807, 2.05) is 24.3 Å². The van der Waals surface area contributed by atoms with E-state index in [1.54, 1.807) is 4.90 Å². The fourth-order valence-electron chi connectivity index (χ4n) is 2.00. The quantitative estimate of drug-likeness (QED) is 0.742. The van der Waals surface area contributed by atoms with E-state index in [2.05, 4.69) is 4.90 Å². The Morgan fingerprint density at radius 2 is 2.00 bits per heavy atom. The highest BCUT2D eigenvalue weighted by Gasteiger charge is 2.21. The van der Waals surface area contributed by atoms with Gasteiger partial charge in [0.1, 0.15) is 0 Å². The van der Waals surface area contributed by atoms with Crippen LogP contribution in [0.25, 0.3) is 0 Å². The lowest BCUT2D eigenvalue weighted by atomic mass is 10.2.